The van der Waals surface area contributed by atoms with Crippen LogP contribution < -0.4 is 0 Å². The zero-order chi connectivity index (χ0) is 18.6. The van der Waals surface area contributed by atoms with E-state index in [4.69, 9.17) is 6.85 Å². The van der Waals surface area contributed by atoms with E-state index in [0.29, 0.717) is 5.71 Å². The minimum atomic E-state index is -2.37. The largest absolute Gasteiger partial charge is 0.261 e. The molecule has 2 unspecified atom stereocenters. The fourth-order valence-corrected chi connectivity index (χ4v) is 4.14. The topological polar surface area (TPSA) is 25.2 Å². The third kappa shape index (κ3) is 2.16. The summed E-state index contributed by atoms with van der Waals surface area (Å²) < 4.78 is 39.0. The maximum Gasteiger partial charge on any atom is 0.124 e. The van der Waals surface area contributed by atoms with Crippen molar-refractivity contribution in [2.24, 2.45) is 4.99 Å². The zero-order valence-electron chi connectivity index (χ0n) is 16.7. The van der Waals surface area contributed by atoms with Gasteiger partial charge >= 0.3 is 0 Å². The first kappa shape index (κ1) is 8.64. The summed E-state index contributed by atoms with van der Waals surface area (Å²) in [6.45, 7) is -0.281. The van der Waals surface area contributed by atoms with E-state index < -0.39 is 19.6 Å². The molecule has 2 aromatic heterocycles. The van der Waals surface area contributed by atoms with Crippen molar-refractivity contribution in [2.45, 2.75) is 39.4 Å². The molecule has 106 valence electrons. The van der Waals surface area contributed by atoms with Gasteiger partial charge < -0.3 is 0 Å². The molecule has 0 bridgehead atoms. The van der Waals surface area contributed by atoms with Gasteiger partial charge in [-0.2, -0.15) is 0 Å². The van der Waals surface area contributed by atoms with Gasteiger partial charge in [0.2, 0.25) is 0 Å². The van der Waals surface area contributed by atoms with Crippen molar-refractivity contribution in [1.82, 2.24) is 4.98 Å². The Kier molecular flexibility index (Phi) is 2.02. The molecule has 1 aliphatic heterocycles. The molecule has 0 aromatic carbocycles. The molecule has 2 aliphatic rings. The highest BCUT2D eigenvalue weighted by molar-refractivity contribution is 7.19. The first-order chi connectivity index (χ1) is 12.3. The second kappa shape index (κ2) is 4.92. The minimum Gasteiger partial charge on any atom is -0.261 e. The minimum absolute atomic E-state index is 0.0555. The number of aromatic nitrogens is 1. The molecule has 3 heterocycles. The van der Waals surface area contributed by atoms with Gasteiger partial charge in [-0.05, 0) is 68.3 Å². The molecule has 3 heteroatoms. The van der Waals surface area contributed by atoms with E-state index in [2.05, 4.69) is 16.9 Å². The third-order valence-corrected chi connectivity index (χ3v) is 5.06. The summed E-state index contributed by atoms with van der Waals surface area (Å²) in [5, 5.41) is 1.22. The standard InChI is InChI=1S/C18H18N2S/c1-11-3-6-15(20-10-11)13-4-5-14-16(9-13)21-18-17(14)12(2)7-8-19-18/h7-10H,3-6H2,1-2H3/i1D3,3D,6D. The van der Waals surface area contributed by atoms with Gasteiger partial charge in [0.05, 0.1) is 0 Å². The number of nitrogens with zero attached hydrogens (tertiary/aromatic N) is 2. The maximum atomic E-state index is 8.35. The molecule has 0 amide bonds. The first-order valence-electron chi connectivity index (χ1n) is 9.63. The lowest BCUT2D eigenvalue weighted by molar-refractivity contribution is 0.931. The number of thiophene rings is 1. The van der Waals surface area contributed by atoms with Crippen molar-refractivity contribution in [3.8, 4) is 0 Å². The first-order valence-corrected chi connectivity index (χ1v) is 7.79. The normalized spacial score (nSPS) is 29.2. The quantitative estimate of drug-likeness (QED) is 0.721. The zero-order valence-corrected chi connectivity index (χ0v) is 12.5. The maximum absolute atomic E-state index is 8.35. The molecule has 0 saturated carbocycles. The van der Waals surface area contributed by atoms with Gasteiger partial charge in [-0.25, -0.2) is 4.98 Å². The van der Waals surface area contributed by atoms with E-state index in [1.807, 2.05) is 18.3 Å². The van der Waals surface area contributed by atoms with E-state index in [9.17, 15) is 0 Å². The average molecular weight is 299 g/mol. The van der Waals surface area contributed by atoms with E-state index in [1.165, 1.54) is 22.7 Å². The smallest absolute Gasteiger partial charge is 0.124 e. The highest BCUT2D eigenvalue weighted by Gasteiger charge is 2.21. The third-order valence-electron chi connectivity index (χ3n) is 3.97. The van der Waals surface area contributed by atoms with Crippen LogP contribution in [-0.2, 0) is 6.42 Å². The van der Waals surface area contributed by atoms with E-state index in [0.717, 1.165) is 28.1 Å². The molecule has 1 aliphatic carbocycles. The molecule has 0 radical (unpaired) electrons. The highest BCUT2D eigenvalue weighted by atomic mass is 32.1. The van der Waals surface area contributed by atoms with Gasteiger partial charge in [0.25, 0.3) is 0 Å². The monoisotopic (exact) mass is 299 g/mol. The average Bonchev–Trinajstić information content (AvgIpc) is 2.95. The molecule has 2 atom stereocenters. The molecule has 2 aromatic rings. The van der Waals surface area contributed by atoms with E-state index >= 15 is 0 Å². The van der Waals surface area contributed by atoms with Crippen molar-refractivity contribution < 1.29 is 6.85 Å². The van der Waals surface area contributed by atoms with E-state index in [1.54, 1.807) is 11.3 Å². The second-order valence-electron chi connectivity index (χ2n) is 5.35. The number of fused-ring (bicyclic) bond motifs is 3. The van der Waals surface area contributed by atoms with Crippen LogP contribution in [0, 0.1) is 6.92 Å². The molecule has 0 spiro atoms. The van der Waals surface area contributed by atoms with Gasteiger partial charge in [-0.3, -0.25) is 4.99 Å². The van der Waals surface area contributed by atoms with Gasteiger partial charge in [-0.15, -0.1) is 11.3 Å². The Labute approximate surface area is 136 Å². The summed E-state index contributed by atoms with van der Waals surface area (Å²) in [7, 11) is 0. The van der Waals surface area contributed by atoms with Crippen LogP contribution in [0.3, 0.4) is 0 Å². The SMILES string of the molecule is [2H]C1C(C([2H])([2H])[2H])=CN=C(C2=Cc3sc4nccc(C)c4c3CC2)C1[2H]. The Balaban J connectivity index is 1.77. The number of aliphatic imine (C=N–C) groups is 1. The number of aryl methyl sites for hydroxylation is 2. The summed E-state index contributed by atoms with van der Waals surface area (Å²) in [5.41, 5.74) is 3.90. The van der Waals surface area contributed by atoms with Gasteiger partial charge in [0, 0.05) is 35.2 Å². The highest BCUT2D eigenvalue weighted by Crippen LogP contribution is 2.38. The Morgan fingerprint density at radius 1 is 1.33 bits per heavy atom. The van der Waals surface area contributed by atoms with Gasteiger partial charge in [0.15, 0.2) is 0 Å². The fourth-order valence-electron chi connectivity index (χ4n) is 2.91. The van der Waals surface area contributed by atoms with Crippen LogP contribution in [0.1, 0.15) is 48.9 Å². The second-order valence-corrected chi connectivity index (χ2v) is 6.39. The van der Waals surface area contributed by atoms with Crippen LogP contribution in [-0.4, -0.2) is 10.7 Å². The van der Waals surface area contributed by atoms with Crippen LogP contribution in [0.4, 0.5) is 0 Å². The van der Waals surface area contributed by atoms with Crippen LogP contribution >= 0.6 is 11.3 Å². The molecule has 4 rings (SSSR count). The number of pyridine rings is 1. The van der Waals surface area contributed by atoms with Crippen molar-refractivity contribution in [2.75, 3.05) is 0 Å². The predicted molar refractivity (Wildman–Crippen MR) is 91.1 cm³/mol. The van der Waals surface area contributed by atoms with Crippen molar-refractivity contribution in [1.29, 1.82) is 0 Å². The molecule has 2 nitrogen and oxygen atoms in total. The lowest BCUT2D eigenvalue weighted by Gasteiger charge is -2.18. The summed E-state index contributed by atoms with van der Waals surface area (Å²) in [4.78, 5) is 10.9. The molecule has 0 N–H and O–H groups in total. The van der Waals surface area contributed by atoms with Crippen molar-refractivity contribution in [3.05, 3.63) is 45.6 Å². The van der Waals surface area contributed by atoms with Crippen LogP contribution in [0.25, 0.3) is 16.3 Å². The Bertz CT molecular complexity index is 983. The lowest BCUT2D eigenvalue weighted by Crippen LogP contribution is -2.10. The summed E-state index contributed by atoms with van der Waals surface area (Å²) >= 11 is 1.63. The predicted octanol–water partition coefficient (Wildman–Crippen LogP) is 5.07. The molecular formula is C18H18N2S. The summed E-state index contributed by atoms with van der Waals surface area (Å²) in [6.07, 6.45) is 4.65. The van der Waals surface area contributed by atoms with E-state index in [-0.39, 0.29) is 5.57 Å². The van der Waals surface area contributed by atoms with Crippen molar-refractivity contribution in [3.63, 3.8) is 0 Å². The van der Waals surface area contributed by atoms with Crippen LogP contribution in [0.2, 0.25) is 0 Å². The molecular weight excluding hydrogens is 276 g/mol. The van der Waals surface area contributed by atoms with Crippen LogP contribution in [0.5, 0.6) is 0 Å². The molecule has 0 saturated heterocycles. The van der Waals surface area contributed by atoms with Gasteiger partial charge in [-0.1, -0.05) is 5.57 Å². The number of hydrogen-bond acceptors (Lipinski definition) is 3. The van der Waals surface area contributed by atoms with Crippen molar-refractivity contribution >= 4 is 33.3 Å². The fraction of sp³-hybridized carbons (Fsp3) is 0.333. The summed E-state index contributed by atoms with van der Waals surface area (Å²) in [5.74, 6) is 0. The number of hydrogen-bond donors (Lipinski definition) is 0. The van der Waals surface area contributed by atoms with Gasteiger partial charge in [0.1, 0.15) is 4.83 Å². The number of allylic oxidation sites excluding steroid dienone is 2. The van der Waals surface area contributed by atoms with Crippen LogP contribution in [0.15, 0.2) is 34.6 Å². The lowest BCUT2D eigenvalue weighted by atomic mass is 9.90. The Hall–Kier alpha value is -1.74. The number of rotatable bonds is 1. The molecule has 0 fully saturated rings. The Morgan fingerprint density at radius 2 is 2.29 bits per heavy atom. The molecule has 21 heavy (non-hydrogen) atoms. The summed E-state index contributed by atoms with van der Waals surface area (Å²) in [6, 6.07) is 2.02. The Morgan fingerprint density at radius 3 is 3.19 bits per heavy atom.